The summed E-state index contributed by atoms with van der Waals surface area (Å²) >= 11 is 0. The van der Waals surface area contributed by atoms with E-state index in [-0.39, 0.29) is 0 Å². The van der Waals surface area contributed by atoms with E-state index in [0.717, 1.165) is 49.6 Å². The predicted octanol–water partition coefficient (Wildman–Crippen LogP) is 4.14. The summed E-state index contributed by atoms with van der Waals surface area (Å²) in [5, 5.41) is 0. The summed E-state index contributed by atoms with van der Waals surface area (Å²) < 4.78 is 2.32. The molecule has 3 aromatic rings. The minimum Gasteiger partial charge on any atom is -0.323 e. The summed E-state index contributed by atoms with van der Waals surface area (Å²) in [6.45, 7) is 10.8. The molecule has 3 rings (SSSR count). The Morgan fingerprint density at radius 1 is 1.08 bits per heavy atom. The highest BCUT2D eigenvalue weighted by atomic mass is 15.1. The van der Waals surface area contributed by atoms with Crippen LogP contribution in [0.15, 0.2) is 42.6 Å². The quantitative estimate of drug-likeness (QED) is 0.655. The van der Waals surface area contributed by atoms with E-state index in [1.165, 1.54) is 11.1 Å². The number of rotatable bonds is 7. The van der Waals surface area contributed by atoms with Crippen LogP contribution in [-0.4, -0.2) is 39.1 Å². The van der Waals surface area contributed by atoms with Crippen LogP contribution >= 0.6 is 0 Å². The highest BCUT2D eigenvalue weighted by Gasteiger charge is 2.13. The number of pyridine rings is 1. The van der Waals surface area contributed by atoms with Crippen molar-refractivity contribution in [2.75, 3.05) is 19.6 Å². The molecule has 0 radical (unpaired) electrons. The van der Waals surface area contributed by atoms with Gasteiger partial charge < -0.3 is 9.47 Å². The van der Waals surface area contributed by atoms with Crippen molar-refractivity contribution < 1.29 is 0 Å². The molecular weight excluding hydrogens is 296 g/mol. The molecule has 0 atom stereocenters. The summed E-state index contributed by atoms with van der Waals surface area (Å²) in [5.41, 5.74) is 4.39. The Balaban J connectivity index is 1.93. The van der Waals surface area contributed by atoms with E-state index in [1.807, 2.05) is 18.3 Å². The van der Waals surface area contributed by atoms with Crippen molar-refractivity contribution in [3.05, 3.63) is 48.2 Å². The Labute approximate surface area is 144 Å². The summed E-state index contributed by atoms with van der Waals surface area (Å²) in [5.74, 6) is 0.972. The average molecular weight is 322 g/mol. The van der Waals surface area contributed by atoms with Crippen LogP contribution in [0.25, 0.3) is 22.6 Å². The molecule has 0 N–H and O–H groups in total. The molecule has 0 amide bonds. The first-order valence-electron chi connectivity index (χ1n) is 8.83. The molecule has 24 heavy (non-hydrogen) atoms. The largest absolute Gasteiger partial charge is 0.323 e. The maximum absolute atomic E-state index is 4.85. The van der Waals surface area contributed by atoms with Crippen LogP contribution in [-0.2, 0) is 6.54 Å². The van der Waals surface area contributed by atoms with Crippen molar-refractivity contribution in [2.45, 2.75) is 33.7 Å². The Morgan fingerprint density at radius 3 is 2.62 bits per heavy atom. The Morgan fingerprint density at radius 2 is 1.88 bits per heavy atom. The first kappa shape index (κ1) is 16.7. The number of imidazole rings is 1. The number of aromatic nitrogens is 3. The van der Waals surface area contributed by atoms with Crippen LogP contribution in [0.3, 0.4) is 0 Å². The zero-order valence-corrected chi connectivity index (χ0v) is 14.9. The van der Waals surface area contributed by atoms with Gasteiger partial charge in [0.15, 0.2) is 5.82 Å². The Hall–Kier alpha value is -2.20. The van der Waals surface area contributed by atoms with E-state index in [0.29, 0.717) is 0 Å². The van der Waals surface area contributed by atoms with E-state index in [2.05, 4.69) is 59.5 Å². The van der Waals surface area contributed by atoms with E-state index in [4.69, 9.17) is 4.98 Å². The van der Waals surface area contributed by atoms with E-state index < -0.39 is 0 Å². The van der Waals surface area contributed by atoms with Gasteiger partial charge in [-0.05, 0) is 62.8 Å². The van der Waals surface area contributed by atoms with Gasteiger partial charge in [-0.1, -0.05) is 26.0 Å². The Bertz CT molecular complexity index is 802. The lowest BCUT2D eigenvalue weighted by atomic mass is 10.2. The summed E-state index contributed by atoms with van der Waals surface area (Å²) in [7, 11) is 0. The molecule has 0 fully saturated rings. The van der Waals surface area contributed by atoms with E-state index in [1.54, 1.807) is 0 Å². The summed E-state index contributed by atoms with van der Waals surface area (Å²) in [6.07, 6.45) is 2.98. The van der Waals surface area contributed by atoms with Crippen LogP contribution in [0.2, 0.25) is 0 Å². The van der Waals surface area contributed by atoms with Gasteiger partial charge >= 0.3 is 0 Å². The normalized spacial score (nSPS) is 11.5. The van der Waals surface area contributed by atoms with Gasteiger partial charge in [-0.15, -0.1) is 0 Å². The summed E-state index contributed by atoms with van der Waals surface area (Å²) in [4.78, 5) is 11.9. The van der Waals surface area contributed by atoms with Gasteiger partial charge in [0, 0.05) is 12.7 Å². The fourth-order valence-corrected chi connectivity index (χ4v) is 3.15. The zero-order valence-electron chi connectivity index (χ0n) is 14.9. The van der Waals surface area contributed by atoms with Crippen molar-refractivity contribution in [1.29, 1.82) is 0 Å². The number of fused-ring (bicyclic) bond motifs is 1. The molecule has 2 aromatic heterocycles. The van der Waals surface area contributed by atoms with Crippen LogP contribution in [0.4, 0.5) is 0 Å². The lowest BCUT2D eigenvalue weighted by Gasteiger charge is -2.18. The molecule has 0 bridgehead atoms. The molecule has 0 spiro atoms. The first-order chi connectivity index (χ1) is 11.7. The van der Waals surface area contributed by atoms with E-state index in [9.17, 15) is 0 Å². The molecule has 0 aliphatic carbocycles. The molecule has 0 unspecified atom stereocenters. The van der Waals surface area contributed by atoms with Gasteiger partial charge in [0.2, 0.25) is 0 Å². The fraction of sp³-hybridized carbons (Fsp3) is 0.400. The van der Waals surface area contributed by atoms with Crippen LogP contribution in [0.1, 0.15) is 25.8 Å². The molecular formula is C20H26N4. The minimum atomic E-state index is 0.953. The predicted molar refractivity (Wildman–Crippen MR) is 100 cm³/mol. The SMILES string of the molecule is CCN(CC)CCCn1c(-c2cc(C)ccn2)nc2ccccc21. The highest BCUT2D eigenvalue weighted by molar-refractivity contribution is 5.80. The minimum absolute atomic E-state index is 0.953. The van der Waals surface area contributed by atoms with Crippen LogP contribution < -0.4 is 0 Å². The molecule has 4 nitrogen and oxygen atoms in total. The van der Waals surface area contributed by atoms with Gasteiger partial charge in [0.1, 0.15) is 5.69 Å². The monoisotopic (exact) mass is 322 g/mol. The van der Waals surface area contributed by atoms with Crippen molar-refractivity contribution in [2.24, 2.45) is 0 Å². The first-order valence-corrected chi connectivity index (χ1v) is 8.83. The molecule has 4 heteroatoms. The third kappa shape index (κ3) is 3.49. The molecule has 0 aliphatic heterocycles. The van der Waals surface area contributed by atoms with Gasteiger partial charge in [-0.2, -0.15) is 0 Å². The zero-order chi connectivity index (χ0) is 16.9. The van der Waals surface area contributed by atoms with Crippen molar-refractivity contribution in [3.63, 3.8) is 0 Å². The van der Waals surface area contributed by atoms with Crippen molar-refractivity contribution in [3.8, 4) is 11.5 Å². The molecule has 126 valence electrons. The van der Waals surface area contributed by atoms with Crippen LogP contribution in [0.5, 0.6) is 0 Å². The van der Waals surface area contributed by atoms with Gasteiger partial charge in [-0.25, -0.2) is 4.98 Å². The van der Waals surface area contributed by atoms with Crippen molar-refractivity contribution >= 4 is 11.0 Å². The Kier molecular flexibility index (Phi) is 5.26. The standard InChI is InChI=1S/C20H26N4/c1-4-23(5-2)13-8-14-24-19-10-7-6-9-17(19)22-20(24)18-15-16(3)11-12-21-18/h6-7,9-12,15H,4-5,8,13-14H2,1-3H3. The molecule has 0 saturated heterocycles. The van der Waals surface area contributed by atoms with Gasteiger partial charge in [0.25, 0.3) is 0 Å². The number of hydrogen-bond donors (Lipinski definition) is 0. The summed E-state index contributed by atoms with van der Waals surface area (Å²) in [6, 6.07) is 12.5. The topological polar surface area (TPSA) is 34.0 Å². The molecule has 0 aliphatic rings. The number of nitrogens with zero attached hydrogens (tertiary/aromatic N) is 4. The van der Waals surface area contributed by atoms with Gasteiger partial charge in [-0.3, -0.25) is 4.98 Å². The maximum Gasteiger partial charge on any atom is 0.159 e. The molecule has 0 saturated carbocycles. The van der Waals surface area contributed by atoms with Crippen molar-refractivity contribution in [1.82, 2.24) is 19.4 Å². The maximum atomic E-state index is 4.85. The third-order valence-corrected chi connectivity index (χ3v) is 4.55. The second-order valence-corrected chi connectivity index (χ2v) is 6.17. The second-order valence-electron chi connectivity index (χ2n) is 6.17. The lowest BCUT2D eigenvalue weighted by Crippen LogP contribution is -2.24. The average Bonchev–Trinajstić information content (AvgIpc) is 2.97. The highest BCUT2D eigenvalue weighted by Crippen LogP contribution is 2.24. The van der Waals surface area contributed by atoms with Crippen LogP contribution in [0, 0.1) is 6.92 Å². The number of hydrogen-bond acceptors (Lipinski definition) is 3. The smallest absolute Gasteiger partial charge is 0.159 e. The number of aryl methyl sites for hydroxylation is 2. The fourth-order valence-electron chi connectivity index (χ4n) is 3.15. The van der Waals surface area contributed by atoms with E-state index >= 15 is 0 Å². The molecule has 2 heterocycles. The number of para-hydroxylation sites is 2. The third-order valence-electron chi connectivity index (χ3n) is 4.55. The van der Waals surface area contributed by atoms with Gasteiger partial charge in [0.05, 0.1) is 11.0 Å². The second kappa shape index (κ2) is 7.58. The lowest BCUT2D eigenvalue weighted by molar-refractivity contribution is 0.294. The number of benzene rings is 1. The molecule has 1 aromatic carbocycles.